The lowest BCUT2D eigenvalue weighted by molar-refractivity contribution is -0.131. The molecule has 0 aliphatic heterocycles. The molecule has 0 spiro atoms. The molecule has 1 aromatic rings. The number of nitrogens with one attached hydrogen (secondary N) is 1. The molecule has 1 rings (SSSR count). The summed E-state index contributed by atoms with van der Waals surface area (Å²) in [6.07, 6.45) is 2.31. The van der Waals surface area contributed by atoms with Gasteiger partial charge in [-0.3, -0.25) is 0 Å². The van der Waals surface area contributed by atoms with Crippen molar-refractivity contribution in [3.05, 3.63) is 40.0 Å². The monoisotopic (exact) mass is 275 g/mol. The van der Waals surface area contributed by atoms with Crippen LogP contribution in [0.15, 0.2) is 34.9 Å². The summed E-state index contributed by atoms with van der Waals surface area (Å²) < 4.78 is 0.757. The summed E-state index contributed by atoms with van der Waals surface area (Å²) in [5.41, 5.74) is 0.651. The predicted octanol–water partition coefficient (Wildman–Crippen LogP) is 3.11. The van der Waals surface area contributed by atoms with Crippen molar-refractivity contribution >= 4 is 39.2 Å². The number of halogens is 2. The van der Waals surface area contributed by atoms with Crippen LogP contribution in [-0.4, -0.2) is 11.1 Å². The van der Waals surface area contributed by atoms with Crippen LogP contribution >= 0.6 is 27.5 Å². The SMILES string of the molecule is O=C(O)/C=C/Nc1cccc(Br)c1Cl. The van der Waals surface area contributed by atoms with Crippen LogP contribution in [0.1, 0.15) is 0 Å². The molecule has 2 N–H and O–H groups in total. The van der Waals surface area contributed by atoms with Crippen molar-refractivity contribution < 1.29 is 9.90 Å². The fourth-order valence-corrected chi connectivity index (χ4v) is 1.36. The highest BCUT2D eigenvalue weighted by atomic mass is 79.9. The van der Waals surface area contributed by atoms with Crippen LogP contribution in [0.25, 0.3) is 0 Å². The van der Waals surface area contributed by atoms with Crippen molar-refractivity contribution in [1.29, 1.82) is 0 Å². The predicted molar refractivity (Wildman–Crippen MR) is 59.6 cm³/mol. The molecule has 0 aliphatic carbocycles. The fraction of sp³-hybridized carbons (Fsp3) is 0. The summed E-state index contributed by atoms with van der Waals surface area (Å²) in [5.74, 6) is -1.01. The molecule has 5 heteroatoms. The zero-order valence-corrected chi connectivity index (χ0v) is 9.34. The highest BCUT2D eigenvalue weighted by Crippen LogP contribution is 2.29. The van der Waals surface area contributed by atoms with Crippen LogP contribution in [0.2, 0.25) is 5.02 Å². The van der Waals surface area contributed by atoms with Crippen molar-refractivity contribution in [3.63, 3.8) is 0 Å². The summed E-state index contributed by atoms with van der Waals surface area (Å²) in [5, 5.41) is 11.6. The molecule has 3 nitrogen and oxygen atoms in total. The van der Waals surface area contributed by atoms with Gasteiger partial charge in [-0.25, -0.2) is 4.79 Å². The maximum absolute atomic E-state index is 10.2. The van der Waals surface area contributed by atoms with Crippen LogP contribution in [0.4, 0.5) is 5.69 Å². The Morgan fingerprint density at radius 2 is 2.29 bits per heavy atom. The molecule has 0 bridgehead atoms. The average Bonchev–Trinajstić information content (AvgIpc) is 2.12. The molecule has 0 fully saturated rings. The van der Waals surface area contributed by atoms with E-state index in [9.17, 15) is 4.79 Å². The summed E-state index contributed by atoms with van der Waals surface area (Å²) in [4.78, 5) is 10.2. The molecule has 1 aromatic carbocycles. The lowest BCUT2D eigenvalue weighted by Gasteiger charge is -2.04. The normalized spacial score (nSPS) is 10.4. The van der Waals surface area contributed by atoms with Crippen LogP contribution in [0, 0.1) is 0 Å². The van der Waals surface area contributed by atoms with E-state index in [0.717, 1.165) is 10.5 Å². The van der Waals surface area contributed by atoms with E-state index in [1.807, 2.05) is 0 Å². The van der Waals surface area contributed by atoms with Gasteiger partial charge in [0.15, 0.2) is 0 Å². The van der Waals surface area contributed by atoms with Crippen LogP contribution in [0.3, 0.4) is 0 Å². The second-order valence-electron chi connectivity index (χ2n) is 2.42. The molecule has 0 atom stereocenters. The Labute approximate surface area is 94.5 Å². The molecule has 0 unspecified atom stereocenters. The number of carboxylic acid groups (broad SMARTS) is 1. The molecule has 0 radical (unpaired) electrons. The van der Waals surface area contributed by atoms with Crippen LogP contribution in [-0.2, 0) is 4.79 Å². The number of rotatable bonds is 3. The molecule has 0 aliphatic rings. The van der Waals surface area contributed by atoms with E-state index < -0.39 is 5.97 Å². The lowest BCUT2D eigenvalue weighted by Crippen LogP contribution is -1.92. The minimum Gasteiger partial charge on any atom is -0.478 e. The Kier molecular flexibility index (Phi) is 3.98. The van der Waals surface area contributed by atoms with Gasteiger partial charge in [0.2, 0.25) is 0 Å². The summed E-state index contributed by atoms with van der Waals surface area (Å²) in [7, 11) is 0. The van der Waals surface area contributed by atoms with Gasteiger partial charge >= 0.3 is 5.97 Å². The Balaban J connectivity index is 2.77. The first-order chi connectivity index (χ1) is 6.61. The van der Waals surface area contributed by atoms with E-state index in [-0.39, 0.29) is 0 Å². The van der Waals surface area contributed by atoms with Crippen molar-refractivity contribution in [2.45, 2.75) is 0 Å². The van der Waals surface area contributed by atoms with Crippen LogP contribution < -0.4 is 5.32 Å². The second kappa shape index (κ2) is 5.02. The molecule has 14 heavy (non-hydrogen) atoms. The van der Waals surface area contributed by atoms with Gasteiger partial charge in [0.1, 0.15) is 0 Å². The number of benzene rings is 1. The van der Waals surface area contributed by atoms with E-state index in [2.05, 4.69) is 21.2 Å². The van der Waals surface area contributed by atoms with Crippen LogP contribution in [0.5, 0.6) is 0 Å². The maximum atomic E-state index is 10.2. The average molecular weight is 277 g/mol. The quantitative estimate of drug-likeness (QED) is 0.834. The molecule has 0 amide bonds. The molecule has 0 aromatic heterocycles. The topological polar surface area (TPSA) is 49.3 Å². The van der Waals surface area contributed by atoms with Gasteiger partial charge in [-0.2, -0.15) is 0 Å². The minimum absolute atomic E-state index is 0.516. The first kappa shape index (κ1) is 11.1. The largest absolute Gasteiger partial charge is 0.478 e. The van der Waals surface area contributed by atoms with Gasteiger partial charge in [-0.05, 0) is 28.1 Å². The minimum atomic E-state index is -1.01. The van der Waals surface area contributed by atoms with E-state index in [0.29, 0.717) is 10.7 Å². The third-order valence-electron chi connectivity index (χ3n) is 1.42. The van der Waals surface area contributed by atoms with E-state index >= 15 is 0 Å². The number of hydrogen-bond donors (Lipinski definition) is 2. The summed E-state index contributed by atoms with van der Waals surface area (Å²) >= 11 is 9.17. The van der Waals surface area contributed by atoms with Crippen molar-refractivity contribution in [2.24, 2.45) is 0 Å². The number of carbonyl (C=O) groups is 1. The Hall–Kier alpha value is -1.000. The number of anilines is 1. The first-order valence-corrected chi connectivity index (χ1v) is 4.88. The van der Waals surface area contributed by atoms with Gasteiger partial charge in [0.05, 0.1) is 10.7 Å². The zero-order chi connectivity index (χ0) is 10.6. The Morgan fingerprint density at radius 1 is 1.57 bits per heavy atom. The Bertz CT molecular complexity index is 379. The maximum Gasteiger partial charge on any atom is 0.329 e. The van der Waals surface area contributed by atoms with E-state index in [1.54, 1.807) is 18.2 Å². The van der Waals surface area contributed by atoms with Gasteiger partial charge in [0.25, 0.3) is 0 Å². The molecule has 0 saturated carbocycles. The fourth-order valence-electron chi connectivity index (χ4n) is 0.818. The summed E-state index contributed by atoms with van der Waals surface area (Å²) in [6.45, 7) is 0. The lowest BCUT2D eigenvalue weighted by atomic mass is 10.3. The van der Waals surface area contributed by atoms with E-state index in [1.165, 1.54) is 6.20 Å². The smallest absolute Gasteiger partial charge is 0.329 e. The van der Waals surface area contributed by atoms with Crippen molar-refractivity contribution in [3.8, 4) is 0 Å². The number of aliphatic carboxylic acids is 1. The van der Waals surface area contributed by atoms with Gasteiger partial charge in [0, 0.05) is 16.7 Å². The zero-order valence-electron chi connectivity index (χ0n) is 7.00. The first-order valence-electron chi connectivity index (χ1n) is 3.71. The number of carboxylic acids is 1. The molecular weight excluding hydrogens is 269 g/mol. The molecule has 74 valence electrons. The van der Waals surface area contributed by atoms with Crippen molar-refractivity contribution in [2.75, 3.05) is 5.32 Å². The highest BCUT2D eigenvalue weighted by Gasteiger charge is 2.01. The van der Waals surface area contributed by atoms with E-state index in [4.69, 9.17) is 16.7 Å². The Morgan fingerprint density at radius 3 is 2.93 bits per heavy atom. The third kappa shape index (κ3) is 3.05. The van der Waals surface area contributed by atoms with Crippen molar-refractivity contribution in [1.82, 2.24) is 0 Å². The standard InChI is InChI=1S/C9H7BrClNO2/c10-6-2-1-3-7(9(6)11)12-5-4-8(13)14/h1-5,12H,(H,13,14)/b5-4+. The van der Waals surface area contributed by atoms with Gasteiger partial charge in [-0.1, -0.05) is 17.7 Å². The highest BCUT2D eigenvalue weighted by molar-refractivity contribution is 9.10. The van der Waals surface area contributed by atoms with Gasteiger partial charge in [-0.15, -0.1) is 0 Å². The molecule has 0 heterocycles. The molecule has 0 saturated heterocycles. The number of hydrogen-bond acceptors (Lipinski definition) is 2. The van der Waals surface area contributed by atoms with Gasteiger partial charge < -0.3 is 10.4 Å². The second-order valence-corrected chi connectivity index (χ2v) is 3.65. The third-order valence-corrected chi connectivity index (χ3v) is 2.71. The molecular formula is C9H7BrClNO2. The summed E-state index contributed by atoms with van der Waals surface area (Å²) in [6, 6.07) is 5.35.